The SMILES string of the molecule is O=C(Nc1ccc(Cl)cc1)C1C(=O)c2ccc(S(=O)(=O)c3ccc4c(c3)C(=O)C(C(=O)Nc3ccc(Cl)cc3)C4=O)cc2C1=O. The van der Waals surface area contributed by atoms with E-state index < -0.39 is 56.6 Å². The molecule has 45 heavy (non-hydrogen) atoms. The summed E-state index contributed by atoms with van der Waals surface area (Å²) in [7, 11) is -4.40. The highest BCUT2D eigenvalue weighted by Gasteiger charge is 2.45. The van der Waals surface area contributed by atoms with Crippen LogP contribution in [0.3, 0.4) is 0 Å². The molecule has 4 aromatic rings. The number of carbonyl (C=O) groups excluding carboxylic acids is 6. The van der Waals surface area contributed by atoms with E-state index in [-0.39, 0.29) is 32.0 Å². The minimum atomic E-state index is -4.40. The summed E-state index contributed by atoms with van der Waals surface area (Å²) in [6.07, 6.45) is 0. The number of hydrogen-bond donors (Lipinski definition) is 2. The maximum absolute atomic E-state index is 13.6. The first-order valence-corrected chi connectivity index (χ1v) is 15.4. The van der Waals surface area contributed by atoms with Gasteiger partial charge in [-0.15, -0.1) is 0 Å². The predicted octanol–water partition coefficient (Wildman–Crippen LogP) is 5.09. The Morgan fingerprint density at radius 2 is 0.844 bits per heavy atom. The van der Waals surface area contributed by atoms with Crippen LogP contribution in [-0.4, -0.2) is 43.4 Å². The molecule has 2 aliphatic carbocycles. The van der Waals surface area contributed by atoms with Crippen molar-refractivity contribution in [3.05, 3.63) is 117 Å². The standard InChI is InChI=1S/C32H18Cl2N2O8S/c33-15-1-5-17(6-2-15)35-31(41)25-27(37)21-11-9-19(13-23(21)29(25)39)45(43,44)20-10-12-22-24(14-20)30(40)26(28(22)38)32(42)36-18-7-3-16(34)4-8-18/h1-14,25-26H,(H,35,41)(H,36,42). The van der Waals surface area contributed by atoms with Gasteiger partial charge in [0.2, 0.25) is 21.7 Å². The second-order valence-corrected chi connectivity index (χ2v) is 13.1. The van der Waals surface area contributed by atoms with E-state index in [1.807, 2.05) is 0 Å². The molecular formula is C32H18Cl2N2O8S. The number of benzene rings is 4. The van der Waals surface area contributed by atoms with E-state index >= 15 is 0 Å². The number of sulfone groups is 1. The molecule has 0 spiro atoms. The molecule has 0 saturated carbocycles. The summed E-state index contributed by atoms with van der Waals surface area (Å²) >= 11 is 11.7. The van der Waals surface area contributed by atoms with Crippen LogP contribution in [0.4, 0.5) is 11.4 Å². The maximum atomic E-state index is 13.6. The van der Waals surface area contributed by atoms with Gasteiger partial charge < -0.3 is 10.6 Å². The lowest BCUT2D eigenvalue weighted by molar-refractivity contribution is -0.118. The lowest BCUT2D eigenvalue weighted by Gasteiger charge is -2.09. The average Bonchev–Trinajstić information content (AvgIpc) is 3.42. The molecule has 224 valence electrons. The van der Waals surface area contributed by atoms with Crippen molar-refractivity contribution in [2.45, 2.75) is 9.79 Å². The molecule has 2 aliphatic rings. The van der Waals surface area contributed by atoms with Crippen LogP contribution in [0.15, 0.2) is 94.7 Å². The normalized spacial score (nSPS) is 17.2. The molecule has 2 amide bonds. The molecule has 4 aromatic carbocycles. The second-order valence-electron chi connectivity index (χ2n) is 10.2. The smallest absolute Gasteiger partial charge is 0.243 e. The van der Waals surface area contributed by atoms with E-state index in [9.17, 15) is 37.2 Å². The molecule has 6 rings (SSSR count). The zero-order valence-corrected chi connectivity index (χ0v) is 25.0. The van der Waals surface area contributed by atoms with Crippen molar-refractivity contribution in [1.29, 1.82) is 0 Å². The number of rotatable bonds is 6. The fourth-order valence-corrected chi connectivity index (χ4v) is 6.75. The van der Waals surface area contributed by atoms with Crippen LogP contribution in [0.2, 0.25) is 10.0 Å². The number of carbonyl (C=O) groups is 6. The molecule has 2 N–H and O–H groups in total. The molecule has 2 atom stereocenters. The molecule has 0 heterocycles. The fourth-order valence-electron chi connectivity index (χ4n) is 5.19. The van der Waals surface area contributed by atoms with Gasteiger partial charge in [0, 0.05) is 43.7 Å². The molecular weight excluding hydrogens is 643 g/mol. The van der Waals surface area contributed by atoms with E-state index in [1.165, 1.54) is 48.5 Å². The van der Waals surface area contributed by atoms with Gasteiger partial charge in [-0.05, 0) is 84.9 Å². The van der Waals surface area contributed by atoms with Gasteiger partial charge in [-0.25, -0.2) is 8.42 Å². The molecule has 0 fully saturated rings. The van der Waals surface area contributed by atoms with Crippen molar-refractivity contribution >= 4 is 79.4 Å². The summed E-state index contributed by atoms with van der Waals surface area (Å²) in [5.74, 6) is -8.51. The quantitative estimate of drug-likeness (QED) is 0.270. The minimum Gasteiger partial charge on any atom is -0.325 e. The van der Waals surface area contributed by atoms with Crippen LogP contribution in [0.25, 0.3) is 0 Å². The molecule has 2 unspecified atom stereocenters. The van der Waals surface area contributed by atoms with Gasteiger partial charge >= 0.3 is 0 Å². The summed E-state index contributed by atoms with van der Waals surface area (Å²) in [6.45, 7) is 0. The molecule has 0 radical (unpaired) electrons. The number of Topliss-reactive ketones (excluding diaryl/α,β-unsaturated/α-hetero) is 4. The zero-order chi connectivity index (χ0) is 32.2. The van der Waals surface area contributed by atoms with Crippen molar-refractivity contribution in [2.24, 2.45) is 11.8 Å². The fraction of sp³-hybridized carbons (Fsp3) is 0.0625. The topological polar surface area (TPSA) is 161 Å². The van der Waals surface area contributed by atoms with Crippen LogP contribution < -0.4 is 10.6 Å². The summed E-state index contributed by atoms with van der Waals surface area (Å²) in [4.78, 5) is 77.2. The number of halogens is 2. The Hall–Kier alpha value is -4.97. The monoisotopic (exact) mass is 660 g/mol. The third-order valence-corrected chi connectivity index (χ3v) is 9.71. The van der Waals surface area contributed by atoms with Crippen LogP contribution in [0.5, 0.6) is 0 Å². The first-order valence-electron chi connectivity index (χ1n) is 13.2. The van der Waals surface area contributed by atoms with Crippen LogP contribution in [0, 0.1) is 11.8 Å². The summed E-state index contributed by atoms with van der Waals surface area (Å²) < 4.78 is 27.2. The molecule has 10 nitrogen and oxygen atoms in total. The van der Waals surface area contributed by atoms with E-state index in [4.69, 9.17) is 23.2 Å². The van der Waals surface area contributed by atoms with E-state index in [2.05, 4.69) is 10.6 Å². The lowest BCUT2D eigenvalue weighted by atomic mass is 10.0. The Morgan fingerprint density at radius 3 is 1.20 bits per heavy atom. The Morgan fingerprint density at radius 1 is 0.511 bits per heavy atom. The third kappa shape index (κ3) is 5.24. The molecule has 0 aromatic heterocycles. The molecule has 0 bridgehead atoms. The summed E-state index contributed by atoms with van der Waals surface area (Å²) in [5.41, 5.74) is -0.108. The largest absolute Gasteiger partial charge is 0.325 e. The van der Waals surface area contributed by atoms with Gasteiger partial charge in [0.05, 0.1) is 9.79 Å². The van der Waals surface area contributed by atoms with E-state index in [0.29, 0.717) is 21.4 Å². The Kier molecular flexibility index (Phi) is 7.48. The van der Waals surface area contributed by atoms with Crippen molar-refractivity contribution < 1.29 is 37.2 Å². The second kappa shape index (κ2) is 11.2. The number of ketones is 4. The molecule has 0 aliphatic heterocycles. The van der Waals surface area contributed by atoms with Crippen LogP contribution in [-0.2, 0) is 19.4 Å². The third-order valence-electron chi connectivity index (χ3n) is 7.46. The highest BCUT2D eigenvalue weighted by molar-refractivity contribution is 7.91. The Labute approximate surface area is 265 Å². The number of fused-ring (bicyclic) bond motifs is 2. The van der Waals surface area contributed by atoms with Crippen molar-refractivity contribution in [1.82, 2.24) is 0 Å². The average molecular weight is 661 g/mol. The van der Waals surface area contributed by atoms with Gasteiger partial charge in [-0.3, -0.25) is 28.8 Å². The maximum Gasteiger partial charge on any atom is 0.243 e. The predicted molar refractivity (Wildman–Crippen MR) is 163 cm³/mol. The van der Waals surface area contributed by atoms with Gasteiger partial charge in [-0.2, -0.15) is 0 Å². The van der Waals surface area contributed by atoms with E-state index in [0.717, 1.165) is 36.4 Å². The summed E-state index contributed by atoms with van der Waals surface area (Å²) in [6, 6.07) is 18.6. The van der Waals surface area contributed by atoms with Gasteiger partial charge in [0.15, 0.2) is 35.0 Å². The van der Waals surface area contributed by atoms with Gasteiger partial charge in [-0.1, -0.05) is 23.2 Å². The number of amides is 2. The Bertz CT molecular complexity index is 1970. The van der Waals surface area contributed by atoms with Crippen molar-refractivity contribution in [3.63, 3.8) is 0 Å². The first-order chi connectivity index (χ1) is 21.4. The highest BCUT2D eigenvalue weighted by atomic mass is 35.5. The lowest BCUT2D eigenvalue weighted by Crippen LogP contribution is -2.31. The number of hydrogen-bond acceptors (Lipinski definition) is 8. The van der Waals surface area contributed by atoms with Crippen LogP contribution >= 0.6 is 23.2 Å². The van der Waals surface area contributed by atoms with Gasteiger partial charge in [0.25, 0.3) is 0 Å². The van der Waals surface area contributed by atoms with E-state index in [1.54, 1.807) is 0 Å². The Balaban J connectivity index is 1.25. The highest BCUT2D eigenvalue weighted by Crippen LogP contribution is 2.35. The van der Waals surface area contributed by atoms with Gasteiger partial charge in [0.1, 0.15) is 0 Å². The van der Waals surface area contributed by atoms with Crippen LogP contribution in [0.1, 0.15) is 41.4 Å². The minimum absolute atomic E-state index is 0.112. The number of anilines is 2. The molecule has 13 heteroatoms. The summed E-state index contributed by atoms with van der Waals surface area (Å²) in [5, 5.41) is 5.81. The molecule has 0 saturated heterocycles. The first kappa shape index (κ1) is 30.1. The zero-order valence-electron chi connectivity index (χ0n) is 22.7. The number of nitrogens with one attached hydrogen (secondary N) is 2. The van der Waals surface area contributed by atoms with Crippen molar-refractivity contribution in [3.8, 4) is 0 Å². The van der Waals surface area contributed by atoms with Crippen molar-refractivity contribution in [2.75, 3.05) is 10.6 Å².